The van der Waals surface area contributed by atoms with E-state index in [-0.39, 0.29) is 0 Å². The second kappa shape index (κ2) is 9.91. The van der Waals surface area contributed by atoms with Gasteiger partial charge in [-0.3, -0.25) is 5.10 Å². The first-order chi connectivity index (χ1) is 13.2. The zero-order valence-corrected chi connectivity index (χ0v) is 15.6. The van der Waals surface area contributed by atoms with Gasteiger partial charge in [-0.1, -0.05) is 36.9 Å². The highest BCUT2D eigenvalue weighted by Gasteiger charge is 2.23. The van der Waals surface area contributed by atoms with Gasteiger partial charge < -0.3 is 21.7 Å². The number of H-pyrrole nitrogens is 1. The minimum atomic E-state index is 0.531. The molecule has 1 aliphatic heterocycles. The Morgan fingerprint density at radius 2 is 2.04 bits per heavy atom. The van der Waals surface area contributed by atoms with E-state index in [0.29, 0.717) is 12.2 Å². The third-order valence-electron chi connectivity index (χ3n) is 4.28. The van der Waals surface area contributed by atoms with Crippen LogP contribution in [0.5, 0.6) is 0 Å². The Morgan fingerprint density at radius 1 is 1.30 bits per heavy atom. The molecule has 0 radical (unpaired) electrons. The lowest BCUT2D eigenvalue weighted by Gasteiger charge is -2.31. The van der Waals surface area contributed by atoms with Crippen LogP contribution in [0.15, 0.2) is 79.9 Å². The van der Waals surface area contributed by atoms with Crippen LogP contribution < -0.4 is 16.8 Å². The highest BCUT2D eigenvalue weighted by Crippen LogP contribution is 2.28. The molecule has 2 aromatic rings. The number of hydrogen-bond acceptors (Lipinski definition) is 5. The molecule has 0 amide bonds. The number of benzene rings is 1. The van der Waals surface area contributed by atoms with Gasteiger partial charge in [0.15, 0.2) is 0 Å². The Labute approximate surface area is 160 Å². The van der Waals surface area contributed by atoms with Gasteiger partial charge in [0.25, 0.3) is 0 Å². The molecule has 1 aliphatic rings. The summed E-state index contributed by atoms with van der Waals surface area (Å²) in [5, 5.41) is 11.0. The molecule has 0 spiro atoms. The first kappa shape index (κ1) is 19.9. The van der Waals surface area contributed by atoms with Crippen LogP contribution in [0.3, 0.4) is 0 Å². The molecule has 0 fully saturated rings. The first-order valence-corrected chi connectivity index (χ1v) is 8.81. The molecule has 0 aliphatic carbocycles. The Morgan fingerprint density at radius 3 is 2.74 bits per heavy atom. The van der Waals surface area contributed by atoms with E-state index >= 15 is 0 Å². The normalized spacial score (nSPS) is 13.6. The molecule has 0 saturated heterocycles. The molecular weight excluding hydrogens is 336 g/mol. The quantitative estimate of drug-likeness (QED) is 0.467. The van der Waals surface area contributed by atoms with Crippen LogP contribution in [0.2, 0.25) is 0 Å². The highest BCUT2D eigenvalue weighted by molar-refractivity contribution is 5.64. The van der Waals surface area contributed by atoms with E-state index in [1.165, 1.54) is 17.5 Å². The molecular formula is C21H28N6. The molecule has 1 aromatic carbocycles. The van der Waals surface area contributed by atoms with Crippen molar-refractivity contribution >= 4 is 0 Å². The van der Waals surface area contributed by atoms with Crippen LogP contribution >= 0.6 is 0 Å². The fraction of sp³-hybridized carbons (Fsp3) is 0.190. The van der Waals surface area contributed by atoms with Gasteiger partial charge in [-0.05, 0) is 18.4 Å². The van der Waals surface area contributed by atoms with Crippen LogP contribution in [0.4, 0.5) is 0 Å². The fourth-order valence-electron chi connectivity index (χ4n) is 2.91. The van der Waals surface area contributed by atoms with Gasteiger partial charge in [0, 0.05) is 42.0 Å². The van der Waals surface area contributed by atoms with Crippen molar-refractivity contribution in [2.45, 2.75) is 13.0 Å². The second-order valence-corrected chi connectivity index (χ2v) is 5.99. The van der Waals surface area contributed by atoms with E-state index in [1.807, 2.05) is 18.2 Å². The van der Waals surface area contributed by atoms with Crippen LogP contribution in [0.25, 0.3) is 11.3 Å². The SMILES string of the molecule is C=C.C=C(NC/C(N)=C/C=C\N)N1CCc2[nH]nc(-c3ccccc3)c2C1. The summed E-state index contributed by atoms with van der Waals surface area (Å²) in [6.07, 6.45) is 5.86. The topological polar surface area (TPSA) is 96.0 Å². The maximum atomic E-state index is 5.91. The molecule has 3 rings (SSSR count). The number of hydrogen-bond donors (Lipinski definition) is 4. The predicted octanol–water partition coefficient (Wildman–Crippen LogP) is 2.61. The Hall–Kier alpha value is -3.41. The van der Waals surface area contributed by atoms with Crippen molar-refractivity contribution in [2.75, 3.05) is 13.1 Å². The summed E-state index contributed by atoms with van der Waals surface area (Å²) in [5.74, 6) is 0.860. The van der Waals surface area contributed by atoms with Crippen LogP contribution in [0, 0.1) is 0 Å². The first-order valence-electron chi connectivity index (χ1n) is 8.81. The van der Waals surface area contributed by atoms with Crippen molar-refractivity contribution in [2.24, 2.45) is 11.5 Å². The number of allylic oxidation sites excluding steroid dienone is 2. The van der Waals surface area contributed by atoms with Gasteiger partial charge in [0.2, 0.25) is 0 Å². The van der Waals surface area contributed by atoms with Crippen LogP contribution in [0.1, 0.15) is 11.3 Å². The standard InChI is InChI=1S/C19H24N6.C2H4/c1-14(22-12-16(21)8-5-10-20)25-11-9-18-17(13-25)19(24-23-18)15-6-3-2-4-7-15;1-2/h2-8,10,22H,1,9,11-13,20-21H2,(H,23,24);1-2H2/b10-5-,16-8-;. The van der Waals surface area contributed by atoms with Gasteiger partial charge in [-0.25, -0.2) is 0 Å². The van der Waals surface area contributed by atoms with Crippen LogP contribution in [-0.4, -0.2) is 28.2 Å². The molecule has 6 nitrogen and oxygen atoms in total. The molecule has 1 aromatic heterocycles. The summed E-state index contributed by atoms with van der Waals surface area (Å²) in [5.41, 5.74) is 16.5. The van der Waals surface area contributed by atoms with Gasteiger partial charge in [-0.15, -0.1) is 13.2 Å². The van der Waals surface area contributed by atoms with E-state index in [0.717, 1.165) is 36.6 Å². The number of nitrogens with two attached hydrogens (primary N) is 2. The average Bonchev–Trinajstić information content (AvgIpc) is 3.15. The molecule has 27 heavy (non-hydrogen) atoms. The second-order valence-electron chi connectivity index (χ2n) is 5.99. The van der Waals surface area contributed by atoms with Gasteiger partial charge in [0.1, 0.15) is 0 Å². The van der Waals surface area contributed by atoms with E-state index in [1.54, 1.807) is 12.2 Å². The van der Waals surface area contributed by atoms with Crippen molar-refractivity contribution in [1.29, 1.82) is 0 Å². The molecule has 0 bridgehead atoms. The summed E-state index contributed by atoms with van der Waals surface area (Å²) in [4.78, 5) is 2.22. The molecule has 0 saturated carbocycles. The molecule has 142 valence electrons. The lowest BCUT2D eigenvalue weighted by molar-refractivity contribution is 0.302. The Balaban J connectivity index is 0.00000126. The number of nitrogens with one attached hydrogen (secondary N) is 2. The molecule has 6 N–H and O–H groups in total. The smallest absolute Gasteiger partial charge is 0.0973 e. The van der Waals surface area contributed by atoms with Crippen molar-refractivity contribution < 1.29 is 0 Å². The van der Waals surface area contributed by atoms with Gasteiger partial charge in [-0.2, -0.15) is 5.10 Å². The molecule has 0 atom stereocenters. The monoisotopic (exact) mass is 364 g/mol. The number of aromatic nitrogens is 2. The van der Waals surface area contributed by atoms with E-state index in [4.69, 9.17) is 11.5 Å². The van der Waals surface area contributed by atoms with Crippen molar-refractivity contribution in [1.82, 2.24) is 20.4 Å². The van der Waals surface area contributed by atoms with Crippen molar-refractivity contribution in [3.8, 4) is 11.3 Å². The highest BCUT2D eigenvalue weighted by atomic mass is 15.3. The minimum Gasteiger partial charge on any atom is -0.405 e. The molecule has 0 unspecified atom stereocenters. The maximum Gasteiger partial charge on any atom is 0.0973 e. The fourth-order valence-corrected chi connectivity index (χ4v) is 2.91. The lowest BCUT2D eigenvalue weighted by Crippen LogP contribution is -2.36. The summed E-state index contributed by atoms with van der Waals surface area (Å²) >= 11 is 0. The zero-order chi connectivity index (χ0) is 19.6. The molecule has 2 heterocycles. The van der Waals surface area contributed by atoms with Crippen molar-refractivity contribution in [3.05, 3.63) is 91.2 Å². The van der Waals surface area contributed by atoms with Gasteiger partial charge in [0.05, 0.1) is 18.1 Å². The number of fused-ring (bicyclic) bond motifs is 1. The Bertz CT molecular complexity index is 803. The number of aromatic amines is 1. The van der Waals surface area contributed by atoms with Crippen molar-refractivity contribution in [3.63, 3.8) is 0 Å². The minimum absolute atomic E-state index is 0.531. The molecule has 6 heteroatoms. The third-order valence-corrected chi connectivity index (χ3v) is 4.28. The largest absolute Gasteiger partial charge is 0.405 e. The average molecular weight is 364 g/mol. The van der Waals surface area contributed by atoms with E-state index in [9.17, 15) is 0 Å². The lowest BCUT2D eigenvalue weighted by atomic mass is 10.0. The summed E-state index contributed by atoms with van der Waals surface area (Å²) in [6, 6.07) is 10.2. The zero-order valence-electron chi connectivity index (χ0n) is 15.6. The predicted molar refractivity (Wildman–Crippen MR) is 112 cm³/mol. The summed E-state index contributed by atoms with van der Waals surface area (Å²) in [7, 11) is 0. The Kier molecular flexibility index (Phi) is 7.31. The van der Waals surface area contributed by atoms with E-state index in [2.05, 4.69) is 52.3 Å². The number of nitrogens with zero attached hydrogens (tertiary/aromatic N) is 2. The van der Waals surface area contributed by atoms with Crippen LogP contribution in [-0.2, 0) is 13.0 Å². The summed E-state index contributed by atoms with van der Waals surface area (Å²) < 4.78 is 0. The third kappa shape index (κ3) is 5.04. The number of rotatable bonds is 6. The summed E-state index contributed by atoms with van der Waals surface area (Å²) in [6.45, 7) is 12.3. The van der Waals surface area contributed by atoms with Gasteiger partial charge >= 0.3 is 0 Å². The maximum absolute atomic E-state index is 5.91. The van der Waals surface area contributed by atoms with E-state index < -0.39 is 0 Å².